The van der Waals surface area contributed by atoms with Crippen molar-refractivity contribution >= 4 is 34.8 Å². The van der Waals surface area contributed by atoms with Crippen LogP contribution in [0.3, 0.4) is 0 Å². The number of nitrogens with one attached hydrogen (secondary N) is 2. The first-order valence-electron chi connectivity index (χ1n) is 11.4. The zero-order chi connectivity index (χ0) is 24.8. The minimum absolute atomic E-state index is 0.156. The van der Waals surface area contributed by atoms with Gasteiger partial charge in [-0.3, -0.25) is 9.59 Å². The third kappa shape index (κ3) is 6.17. The molecule has 0 saturated carbocycles. The van der Waals surface area contributed by atoms with Crippen molar-refractivity contribution in [1.82, 2.24) is 0 Å². The summed E-state index contributed by atoms with van der Waals surface area (Å²) in [6.45, 7) is 10.1. The van der Waals surface area contributed by atoms with E-state index in [2.05, 4.69) is 50.5 Å². The molecule has 0 unspecified atom stereocenters. The number of hydrogen-bond acceptors (Lipinski definition) is 3. The minimum Gasteiger partial charge on any atom is -0.484 e. The molecular formula is C28H31ClN2O3. The second-order valence-electron chi connectivity index (χ2n) is 8.85. The molecule has 3 aromatic rings. The molecule has 0 atom stereocenters. The quantitative estimate of drug-likeness (QED) is 0.360. The van der Waals surface area contributed by atoms with Crippen molar-refractivity contribution in [1.29, 1.82) is 0 Å². The van der Waals surface area contributed by atoms with E-state index in [1.54, 1.807) is 42.5 Å². The van der Waals surface area contributed by atoms with E-state index in [4.69, 9.17) is 16.3 Å². The highest BCUT2D eigenvalue weighted by atomic mass is 35.5. The number of benzene rings is 3. The average molecular weight is 479 g/mol. The van der Waals surface area contributed by atoms with Crippen LogP contribution in [0.15, 0.2) is 60.7 Å². The van der Waals surface area contributed by atoms with Crippen molar-refractivity contribution in [3.63, 3.8) is 0 Å². The van der Waals surface area contributed by atoms with Crippen molar-refractivity contribution in [2.45, 2.75) is 46.5 Å². The second-order valence-corrected chi connectivity index (χ2v) is 9.26. The molecule has 0 aromatic heterocycles. The van der Waals surface area contributed by atoms with Crippen LogP contribution in [0.2, 0.25) is 5.02 Å². The zero-order valence-corrected chi connectivity index (χ0v) is 21.0. The number of carbonyl (C=O) groups is 2. The molecule has 178 valence electrons. The molecule has 3 rings (SSSR count). The lowest BCUT2D eigenvalue weighted by Crippen LogP contribution is -2.20. The molecule has 3 aromatic carbocycles. The topological polar surface area (TPSA) is 67.4 Å². The van der Waals surface area contributed by atoms with Crippen LogP contribution in [0.4, 0.5) is 11.4 Å². The summed E-state index contributed by atoms with van der Waals surface area (Å²) in [6.07, 6.45) is 0. The van der Waals surface area contributed by atoms with E-state index < -0.39 is 0 Å². The first kappa shape index (κ1) is 25.3. The molecule has 0 saturated heterocycles. The van der Waals surface area contributed by atoms with Gasteiger partial charge in [-0.05, 0) is 71.8 Å². The van der Waals surface area contributed by atoms with Gasteiger partial charge in [0.1, 0.15) is 5.75 Å². The smallest absolute Gasteiger partial charge is 0.262 e. The summed E-state index contributed by atoms with van der Waals surface area (Å²) in [4.78, 5) is 25.2. The van der Waals surface area contributed by atoms with Gasteiger partial charge >= 0.3 is 0 Å². The van der Waals surface area contributed by atoms with Crippen LogP contribution in [-0.4, -0.2) is 18.4 Å². The average Bonchev–Trinajstić information content (AvgIpc) is 2.80. The number of ether oxygens (including phenoxy) is 1. The lowest BCUT2D eigenvalue weighted by Gasteiger charge is -2.20. The first-order chi connectivity index (χ1) is 16.2. The SMILES string of the molecule is Cc1c(Cl)cccc1NC(=O)COc1ccc(C(=O)Nc2c(C(C)C)cccc2C(C)C)cc1. The van der Waals surface area contributed by atoms with Crippen molar-refractivity contribution in [2.24, 2.45) is 0 Å². The number of anilines is 2. The largest absolute Gasteiger partial charge is 0.484 e. The van der Waals surface area contributed by atoms with Crippen LogP contribution in [0.25, 0.3) is 0 Å². The summed E-state index contributed by atoms with van der Waals surface area (Å²) >= 11 is 6.09. The molecule has 0 fully saturated rings. The Kier molecular flexibility index (Phi) is 8.35. The molecule has 0 aliphatic heterocycles. The van der Waals surface area contributed by atoms with Crippen molar-refractivity contribution in [2.75, 3.05) is 17.2 Å². The predicted molar refractivity (Wildman–Crippen MR) is 139 cm³/mol. The van der Waals surface area contributed by atoms with Gasteiger partial charge in [-0.15, -0.1) is 0 Å². The minimum atomic E-state index is -0.293. The van der Waals surface area contributed by atoms with Crippen LogP contribution in [0.1, 0.15) is 66.6 Å². The zero-order valence-electron chi connectivity index (χ0n) is 20.2. The van der Waals surface area contributed by atoms with Gasteiger partial charge in [0.05, 0.1) is 0 Å². The predicted octanol–water partition coefficient (Wildman–Crippen LogP) is 7.17. The molecule has 0 radical (unpaired) electrons. The van der Waals surface area contributed by atoms with Gasteiger partial charge < -0.3 is 15.4 Å². The van der Waals surface area contributed by atoms with Crippen molar-refractivity contribution < 1.29 is 14.3 Å². The maximum absolute atomic E-state index is 13.0. The first-order valence-corrected chi connectivity index (χ1v) is 11.8. The number of carbonyl (C=O) groups excluding carboxylic acids is 2. The monoisotopic (exact) mass is 478 g/mol. The fraction of sp³-hybridized carbons (Fsp3) is 0.286. The van der Waals surface area contributed by atoms with Crippen LogP contribution >= 0.6 is 11.6 Å². The standard InChI is InChI=1S/C28H31ClN2O3/c1-17(2)22-8-6-9-23(18(3)4)27(22)31-28(33)20-12-14-21(15-13-20)34-16-26(32)30-25-11-7-10-24(29)19(25)5/h6-15,17-18H,16H2,1-5H3,(H,30,32)(H,31,33). The molecule has 2 amide bonds. The third-order valence-corrected chi connectivity index (χ3v) is 6.05. The van der Waals surface area contributed by atoms with E-state index in [1.807, 2.05) is 13.0 Å². The maximum Gasteiger partial charge on any atom is 0.262 e. The van der Waals surface area contributed by atoms with Crippen molar-refractivity contribution in [3.05, 3.63) is 87.9 Å². The third-order valence-electron chi connectivity index (χ3n) is 5.64. The molecule has 0 bridgehead atoms. The number of halogens is 1. The summed E-state index contributed by atoms with van der Waals surface area (Å²) in [5.41, 5.74) is 5.06. The van der Waals surface area contributed by atoms with Gasteiger partial charge in [-0.2, -0.15) is 0 Å². The van der Waals surface area contributed by atoms with Crippen LogP contribution < -0.4 is 15.4 Å². The summed E-state index contributed by atoms with van der Waals surface area (Å²) < 4.78 is 5.59. The lowest BCUT2D eigenvalue weighted by molar-refractivity contribution is -0.118. The fourth-order valence-electron chi connectivity index (χ4n) is 3.66. The van der Waals surface area contributed by atoms with Gasteiger partial charge in [0.25, 0.3) is 11.8 Å². The number of para-hydroxylation sites is 1. The molecule has 0 heterocycles. The summed E-state index contributed by atoms with van der Waals surface area (Å²) in [6, 6.07) is 18.2. The van der Waals surface area contributed by atoms with Crippen LogP contribution in [0, 0.1) is 6.92 Å². The normalized spacial score (nSPS) is 10.9. The van der Waals surface area contributed by atoms with E-state index in [0.29, 0.717) is 22.0 Å². The van der Waals surface area contributed by atoms with E-state index in [-0.39, 0.29) is 30.3 Å². The van der Waals surface area contributed by atoms with Gasteiger partial charge in [0.15, 0.2) is 6.61 Å². The van der Waals surface area contributed by atoms with E-state index in [9.17, 15) is 9.59 Å². The lowest BCUT2D eigenvalue weighted by atomic mass is 9.92. The Morgan fingerprint density at radius 1 is 0.853 bits per heavy atom. The summed E-state index contributed by atoms with van der Waals surface area (Å²) in [5.74, 6) is 0.590. The molecule has 5 nitrogen and oxygen atoms in total. The Hall–Kier alpha value is -3.31. The molecule has 0 spiro atoms. The highest BCUT2D eigenvalue weighted by molar-refractivity contribution is 6.31. The van der Waals surface area contributed by atoms with E-state index >= 15 is 0 Å². The Labute approximate surface area is 206 Å². The Morgan fingerprint density at radius 2 is 1.44 bits per heavy atom. The molecule has 34 heavy (non-hydrogen) atoms. The second kappa shape index (κ2) is 11.2. The number of amides is 2. The van der Waals surface area contributed by atoms with Crippen molar-refractivity contribution in [3.8, 4) is 5.75 Å². The molecule has 0 aliphatic rings. The Bertz CT molecular complexity index is 1140. The summed E-state index contributed by atoms with van der Waals surface area (Å²) in [7, 11) is 0. The molecule has 2 N–H and O–H groups in total. The molecule has 0 aliphatic carbocycles. The highest BCUT2D eigenvalue weighted by Crippen LogP contribution is 2.32. The Morgan fingerprint density at radius 3 is 2.03 bits per heavy atom. The maximum atomic E-state index is 13.0. The van der Waals surface area contributed by atoms with E-state index in [1.165, 1.54) is 0 Å². The van der Waals surface area contributed by atoms with Crippen LogP contribution in [-0.2, 0) is 4.79 Å². The number of hydrogen-bond donors (Lipinski definition) is 2. The molecule has 6 heteroatoms. The summed E-state index contributed by atoms with van der Waals surface area (Å²) in [5, 5.41) is 6.49. The van der Waals surface area contributed by atoms with E-state index in [0.717, 1.165) is 22.4 Å². The number of rotatable bonds is 8. The van der Waals surface area contributed by atoms with Crippen LogP contribution in [0.5, 0.6) is 5.75 Å². The molecular weight excluding hydrogens is 448 g/mol. The Balaban J connectivity index is 1.64. The van der Waals surface area contributed by atoms with Gasteiger partial charge in [0.2, 0.25) is 0 Å². The van der Waals surface area contributed by atoms with Gasteiger partial charge in [-0.25, -0.2) is 0 Å². The highest BCUT2D eigenvalue weighted by Gasteiger charge is 2.17. The van der Waals surface area contributed by atoms with Gasteiger partial charge in [-0.1, -0.05) is 63.6 Å². The van der Waals surface area contributed by atoms with Gasteiger partial charge in [0, 0.05) is 22.0 Å². The fourth-order valence-corrected chi connectivity index (χ4v) is 3.84.